The lowest BCUT2D eigenvalue weighted by Crippen LogP contribution is -2.37. The van der Waals surface area contributed by atoms with E-state index in [2.05, 4.69) is 39.8 Å². The Morgan fingerprint density at radius 2 is 2.03 bits per heavy atom. The lowest BCUT2D eigenvalue weighted by atomic mass is 10.0. The topological polar surface area (TPSA) is 90.3 Å². The second kappa shape index (κ2) is 13.6. The first kappa shape index (κ1) is 27.2. The lowest BCUT2D eigenvalue weighted by Gasteiger charge is -2.29. The van der Waals surface area contributed by atoms with Crippen LogP contribution in [0.4, 0.5) is 5.69 Å². The van der Waals surface area contributed by atoms with E-state index in [0.29, 0.717) is 29.3 Å². The van der Waals surface area contributed by atoms with Crippen molar-refractivity contribution in [2.45, 2.75) is 18.9 Å². The molecule has 2 aromatic carbocycles. The first-order chi connectivity index (χ1) is 17.5. The molecule has 0 saturated carbocycles. The highest BCUT2D eigenvalue weighted by molar-refractivity contribution is 7.96. The van der Waals surface area contributed by atoms with E-state index < -0.39 is 0 Å². The first-order valence-corrected chi connectivity index (χ1v) is 13.0. The minimum Gasteiger partial charge on any atom is -0.495 e. The number of fused-ring (bicyclic) bond motifs is 1. The normalized spacial score (nSPS) is 13.8. The maximum Gasteiger partial charge on any atom is 0.168 e. The summed E-state index contributed by atoms with van der Waals surface area (Å²) in [5.74, 6) is 0.676. The monoisotopic (exact) mass is 503 g/mol. The summed E-state index contributed by atoms with van der Waals surface area (Å²) in [6.07, 6.45) is 5.49. The molecule has 2 N–H and O–H groups in total. The molecule has 0 atom stereocenters. The molecule has 8 heteroatoms. The molecular formula is C28H33N5O2S. The molecule has 1 aliphatic heterocycles. The zero-order valence-electron chi connectivity index (χ0n) is 21.1. The van der Waals surface area contributed by atoms with Gasteiger partial charge in [-0.15, -0.1) is 0 Å². The molecule has 0 amide bonds. The highest BCUT2D eigenvalue weighted by atomic mass is 32.2. The van der Waals surface area contributed by atoms with E-state index in [0.717, 1.165) is 34.4 Å². The predicted octanol–water partition coefficient (Wildman–Crippen LogP) is 5.16. The molecule has 1 aromatic heterocycles. The average molecular weight is 504 g/mol. The fourth-order valence-electron chi connectivity index (χ4n) is 4.05. The number of nitriles is 1. The first-order valence-electron chi connectivity index (χ1n) is 11.8. The molecule has 4 rings (SSSR count). The molecule has 1 fully saturated rings. The number of pyridine rings is 1. The van der Waals surface area contributed by atoms with Gasteiger partial charge in [0.15, 0.2) is 6.29 Å². The zero-order chi connectivity index (χ0) is 25.9. The van der Waals surface area contributed by atoms with Crippen molar-refractivity contribution >= 4 is 34.7 Å². The van der Waals surface area contributed by atoms with Gasteiger partial charge >= 0.3 is 0 Å². The molecule has 0 spiro atoms. The third-order valence-electron chi connectivity index (χ3n) is 6.15. The van der Waals surface area contributed by atoms with Gasteiger partial charge in [-0.2, -0.15) is 5.26 Å². The fourth-order valence-corrected chi connectivity index (χ4v) is 4.63. The van der Waals surface area contributed by atoms with Gasteiger partial charge in [0.25, 0.3) is 0 Å². The molecule has 188 valence electrons. The van der Waals surface area contributed by atoms with E-state index in [1.54, 1.807) is 19.2 Å². The fraction of sp³-hybridized carbons (Fsp3) is 0.321. The number of rotatable bonds is 8. The van der Waals surface area contributed by atoms with Gasteiger partial charge in [0.05, 0.1) is 24.6 Å². The SMILES string of the molecule is C=C(C#N)CNc1c(OC)ccc2ccc(-c3cccc(C=O)n3)cc12.CNC1CCN(SC)CC1. The van der Waals surface area contributed by atoms with Crippen molar-refractivity contribution in [2.75, 3.05) is 45.4 Å². The van der Waals surface area contributed by atoms with Crippen LogP contribution in [0.25, 0.3) is 22.0 Å². The van der Waals surface area contributed by atoms with Crippen LogP contribution in [0.1, 0.15) is 23.3 Å². The second-order valence-electron chi connectivity index (χ2n) is 8.39. The van der Waals surface area contributed by atoms with E-state index in [1.807, 2.05) is 54.4 Å². The van der Waals surface area contributed by atoms with Gasteiger partial charge in [0, 0.05) is 42.2 Å². The minimum atomic E-state index is 0.328. The molecule has 2 heterocycles. The highest BCUT2D eigenvalue weighted by Gasteiger charge is 2.16. The largest absolute Gasteiger partial charge is 0.495 e. The Kier molecular flexibility index (Phi) is 10.3. The smallest absolute Gasteiger partial charge is 0.168 e. The molecular weight excluding hydrogens is 470 g/mol. The van der Waals surface area contributed by atoms with Crippen molar-refractivity contribution in [1.29, 1.82) is 5.26 Å². The van der Waals surface area contributed by atoms with Crippen LogP contribution in [0, 0.1) is 11.3 Å². The molecule has 7 nitrogen and oxygen atoms in total. The quantitative estimate of drug-likeness (QED) is 0.247. The van der Waals surface area contributed by atoms with Gasteiger partial charge in [0.2, 0.25) is 0 Å². The third-order valence-corrected chi connectivity index (χ3v) is 7.03. The van der Waals surface area contributed by atoms with Crippen LogP contribution < -0.4 is 15.4 Å². The highest BCUT2D eigenvalue weighted by Crippen LogP contribution is 2.35. The number of methoxy groups -OCH3 is 1. The zero-order valence-corrected chi connectivity index (χ0v) is 21.9. The number of carbonyl (C=O) groups is 1. The van der Waals surface area contributed by atoms with Crippen LogP contribution in [0.15, 0.2) is 60.7 Å². The van der Waals surface area contributed by atoms with Gasteiger partial charge in [0.1, 0.15) is 11.4 Å². The molecule has 36 heavy (non-hydrogen) atoms. The number of hydrogen-bond donors (Lipinski definition) is 2. The van der Waals surface area contributed by atoms with Crippen LogP contribution in [-0.2, 0) is 0 Å². The molecule has 3 aromatic rings. The van der Waals surface area contributed by atoms with Gasteiger partial charge in [-0.1, -0.05) is 42.8 Å². The average Bonchev–Trinajstić information content (AvgIpc) is 2.95. The summed E-state index contributed by atoms with van der Waals surface area (Å²) in [6.45, 7) is 6.51. The molecule has 0 radical (unpaired) electrons. The number of aldehydes is 1. The number of carbonyl (C=O) groups excluding carboxylic acids is 1. The summed E-state index contributed by atoms with van der Waals surface area (Å²) < 4.78 is 7.89. The molecule has 0 aliphatic carbocycles. The Bertz CT molecular complexity index is 1220. The summed E-state index contributed by atoms with van der Waals surface area (Å²) >= 11 is 1.86. The Morgan fingerprint density at radius 1 is 1.28 bits per heavy atom. The number of nitrogens with one attached hydrogen (secondary N) is 2. The van der Waals surface area contributed by atoms with Crippen LogP contribution in [-0.4, -0.2) is 61.7 Å². The van der Waals surface area contributed by atoms with E-state index in [-0.39, 0.29) is 0 Å². The number of aromatic nitrogens is 1. The Hall–Kier alpha value is -3.38. The number of ether oxygens (including phenoxy) is 1. The molecule has 0 unspecified atom stereocenters. The lowest BCUT2D eigenvalue weighted by molar-refractivity contribution is 0.111. The number of anilines is 1. The Morgan fingerprint density at radius 3 is 2.67 bits per heavy atom. The van der Waals surface area contributed by atoms with Gasteiger partial charge in [-0.25, -0.2) is 4.98 Å². The van der Waals surface area contributed by atoms with Gasteiger partial charge in [-0.05, 0) is 55.8 Å². The second-order valence-corrected chi connectivity index (χ2v) is 9.27. The maximum atomic E-state index is 11.0. The van der Waals surface area contributed by atoms with E-state index >= 15 is 0 Å². The molecule has 1 saturated heterocycles. The summed E-state index contributed by atoms with van der Waals surface area (Å²) in [5, 5.41) is 17.4. The van der Waals surface area contributed by atoms with Gasteiger partial charge < -0.3 is 15.4 Å². The van der Waals surface area contributed by atoms with Crippen molar-refractivity contribution in [3.05, 3.63) is 66.4 Å². The van der Waals surface area contributed by atoms with E-state index in [4.69, 9.17) is 10.00 Å². The minimum absolute atomic E-state index is 0.328. The molecule has 1 aliphatic rings. The Balaban J connectivity index is 0.000000303. The predicted molar refractivity (Wildman–Crippen MR) is 150 cm³/mol. The van der Waals surface area contributed by atoms with Crippen LogP contribution in [0.5, 0.6) is 5.75 Å². The van der Waals surface area contributed by atoms with Gasteiger partial charge in [-0.3, -0.25) is 9.10 Å². The van der Waals surface area contributed by atoms with Crippen molar-refractivity contribution in [3.8, 4) is 23.1 Å². The third kappa shape index (κ3) is 7.08. The number of nitrogens with zero attached hydrogens (tertiary/aromatic N) is 3. The van der Waals surface area contributed by atoms with E-state index in [9.17, 15) is 4.79 Å². The van der Waals surface area contributed by atoms with E-state index in [1.165, 1.54) is 25.9 Å². The van der Waals surface area contributed by atoms with Crippen molar-refractivity contribution in [2.24, 2.45) is 0 Å². The van der Waals surface area contributed by atoms with Crippen LogP contribution in [0.2, 0.25) is 0 Å². The number of piperidine rings is 1. The number of hydrogen-bond acceptors (Lipinski definition) is 8. The van der Waals surface area contributed by atoms with Crippen LogP contribution in [0.3, 0.4) is 0 Å². The standard InChI is InChI=1S/C21H17N3O2.C7H16N2S/c1-14(11-22)12-23-21-18-10-16(19-5-3-4-17(13-25)24-19)7-6-15(18)8-9-20(21)26-2;1-8-7-3-5-9(10-2)6-4-7/h3-10,13,23H,1,12H2,2H3;7-8H,3-6H2,1-2H3. The van der Waals surface area contributed by atoms with Crippen molar-refractivity contribution in [3.63, 3.8) is 0 Å². The van der Waals surface area contributed by atoms with Crippen molar-refractivity contribution in [1.82, 2.24) is 14.6 Å². The summed E-state index contributed by atoms with van der Waals surface area (Å²) in [5.41, 5.74) is 3.20. The summed E-state index contributed by atoms with van der Waals surface area (Å²) in [7, 11) is 3.66. The summed E-state index contributed by atoms with van der Waals surface area (Å²) in [4.78, 5) is 15.3. The molecule has 0 bridgehead atoms. The Labute approximate surface area is 217 Å². The summed E-state index contributed by atoms with van der Waals surface area (Å²) in [6, 6.07) is 17.9. The van der Waals surface area contributed by atoms with Crippen LogP contribution >= 0.6 is 11.9 Å². The van der Waals surface area contributed by atoms with Crippen molar-refractivity contribution < 1.29 is 9.53 Å². The maximum absolute atomic E-state index is 11.0. The number of benzene rings is 2.